The number of halogens is 1. The van der Waals surface area contributed by atoms with Gasteiger partial charge < -0.3 is 5.11 Å². The Bertz CT molecular complexity index is 433. The van der Waals surface area contributed by atoms with E-state index in [1.54, 1.807) is 0 Å². The van der Waals surface area contributed by atoms with E-state index in [-0.39, 0.29) is 6.04 Å². The fourth-order valence-corrected chi connectivity index (χ4v) is 2.73. The van der Waals surface area contributed by atoms with E-state index in [2.05, 4.69) is 0 Å². The summed E-state index contributed by atoms with van der Waals surface area (Å²) in [6.07, 6.45) is 1.46. The summed E-state index contributed by atoms with van der Waals surface area (Å²) in [4.78, 5) is 13.2. The average molecular weight is 254 g/mol. The Morgan fingerprint density at radius 3 is 3.00 bits per heavy atom. The largest absolute Gasteiger partial charge is 0.480 e. The van der Waals surface area contributed by atoms with Crippen LogP contribution in [0.1, 0.15) is 24.5 Å². The molecule has 0 amide bonds. The van der Waals surface area contributed by atoms with Crippen LogP contribution in [-0.2, 0) is 17.8 Å². The first-order valence-electron chi connectivity index (χ1n) is 5.86. The smallest absolute Gasteiger partial charge is 0.320 e. The lowest BCUT2D eigenvalue weighted by Crippen LogP contribution is -2.43. The number of rotatable bonds is 3. The third-order valence-electron chi connectivity index (χ3n) is 3.35. The van der Waals surface area contributed by atoms with Crippen LogP contribution in [0.2, 0.25) is 5.02 Å². The third-order valence-corrected chi connectivity index (χ3v) is 3.70. The highest BCUT2D eigenvalue weighted by Gasteiger charge is 2.27. The molecule has 0 aromatic heterocycles. The molecule has 1 aliphatic heterocycles. The minimum Gasteiger partial charge on any atom is -0.480 e. The molecule has 2 rings (SSSR count). The molecule has 0 aliphatic carbocycles. The zero-order chi connectivity index (χ0) is 12.4. The summed E-state index contributed by atoms with van der Waals surface area (Å²) in [6, 6.07) is 5.46. The maximum Gasteiger partial charge on any atom is 0.320 e. The number of nitrogens with zero attached hydrogens (tertiary/aromatic N) is 1. The van der Waals surface area contributed by atoms with Gasteiger partial charge in [-0.1, -0.05) is 30.7 Å². The van der Waals surface area contributed by atoms with Crippen LogP contribution in [0.5, 0.6) is 0 Å². The van der Waals surface area contributed by atoms with Crippen LogP contribution in [0.25, 0.3) is 0 Å². The molecule has 0 bridgehead atoms. The molecule has 0 fully saturated rings. The van der Waals surface area contributed by atoms with Crippen molar-refractivity contribution < 1.29 is 9.90 Å². The Hall–Kier alpha value is -1.06. The van der Waals surface area contributed by atoms with E-state index in [1.807, 2.05) is 30.0 Å². The van der Waals surface area contributed by atoms with Crippen molar-refractivity contribution >= 4 is 17.6 Å². The predicted octanol–water partition coefficient (Wildman–Crippen LogP) is 2.56. The Morgan fingerprint density at radius 2 is 2.35 bits per heavy atom. The van der Waals surface area contributed by atoms with Crippen molar-refractivity contribution in [1.82, 2.24) is 4.90 Å². The van der Waals surface area contributed by atoms with Gasteiger partial charge in [-0.3, -0.25) is 9.69 Å². The Morgan fingerprint density at radius 1 is 1.59 bits per heavy atom. The van der Waals surface area contributed by atoms with Crippen LogP contribution in [0, 0.1) is 0 Å². The van der Waals surface area contributed by atoms with Crippen LogP contribution in [0.4, 0.5) is 0 Å². The molecule has 17 heavy (non-hydrogen) atoms. The molecule has 1 unspecified atom stereocenters. The van der Waals surface area contributed by atoms with Gasteiger partial charge in [0, 0.05) is 18.1 Å². The lowest BCUT2D eigenvalue weighted by molar-refractivity contribution is -0.143. The van der Waals surface area contributed by atoms with Crippen LogP contribution < -0.4 is 0 Å². The van der Waals surface area contributed by atoms with Crippen molar-refractivity contribution in [2.75, 3.05) is 6.54 Å². The van der Waals surface area contributed by atoms with Crippen molar-refractivity contribution in [3.63, 3.8) is 0 Å². The fraction of sp³-hybridized carbons (Fsp3) is 0.462. The van der Waals surface area contributed by atoms with Crippen molar-refractivity contribution in [2.45, 2.75) is 32.4 Å². The van der Waals surface area contributed by atoms with E-state index in [0.717, 1.165) is 23.6 Å². The summed E-state index contributed by atoms with van der Waals surface area (Å²) in [5, 5.41) is 9.96. The first kappa shape index (κ1) is 12.4. The highest BCUT2D eigenvalue weighted by molar-refractivity contribution is 6.31. The van der Waals surface area contributed by atoms with Crippen LogP contribution in [0.3, 0.4) is 0 Å². The van der Waals surface area contributed by atoms with Crippen molar-refractivity contribution in [3.8, 4) is 0 Å². The van der Waals surface area contributed by atoms with E-state index in [9.17, 15) is 4.79 Å². The maximum absolute atomic E-state index is 11.1. The summed E-state index contributed by atoms with van der Waals surface area (Å²) in [5.41, 5.74) is 2.33. The Labute approximate surface area is 106 Å². The maximum atomic E-state index is 11.1. The predicted molar refractivity (Wildman–Crippen MR) is 67.3 cm³/mol. The number of aliphatic carboxylic acids is 1. The van der Waals surface area contributed by atoms with Crippen LogP contribution in [-0.4, -0.2) is 28.6 Å². The molecule has 92 valence electrons. The van der Waals surface area contributed by atoms with Crippen LogP contribution >= 0.6 is 11.6 Å². The number of hydrogen-bond acceptors (Lipinski definition) is 2. The van der Waals surface area contributed by atoms with E-state index >= 15 is 0 Å². The molecule has 1 aromatic rings. The number of carbonyl (C=O) groups is 1. The first-order chi connectivity index (χ1) is 8.13. The van der Waals surface area contributed by atoms with Gasteiger partial charge in [-0.05, 0) is 30.0 Å². The van der Waals surface area contributed by atoms with Crippen molar-refractivity contribution in [2.24, 2.45) is 0 Å². The quantitative estimate of drug-likeness (QED) is 0.900. The average Bonchev–Trinajstić information content (AvgIpc) is 2.29. The second kappa shape index (κ2) is 5.07. The van der Waals surface area contributed by atoms with Gasteiger partial charge in [-0.2, -0.15) is 0 Å². The SMILES string of the molecule is CCC(C(=O)O)N1CCc2c(Cl)cccc2C1. The topological polar surface area (TPSA) is 40.5 Å². The lowest BCUT2D eigenvalue weighted by atomic mass is 9.98. The zero-order valence-electron chi connectivity index (χ0n) is 9.82. The van der Waals surface area contributed by atoms with E-state index < -0.39 is 5.97 Å². The molecule has 3 nitrogen and oxygen atoms in total. The number of carboxylic acid groups (broad SMARTS) is 1. The number of hydrogen-bond donors (Lipinski definition) is 1. The van der Waals surface area contributed by atoms with E-state index in [0.29, 0.717) is 13.0 Å². The molecule has 0 saturated heterocycles. The molecular weight excluding hydrogens is 238 g/mol. The Kier molecular flexibility index (Phi) is 3.69. The van der Waals surface area contributed by atoms with E-state index in [4.69, 9.17) is 16.7 Å². The lowest BCUT2D eigenvalue weighted by Gasteiger charge is -2.33. The van der Waals surface area contributed by atoms with Crippen molar-refractivity contribution in [1.29, 1.82) is 0 Å². The molecule has 1 aromatic carbocycles. The summed E-state index contributed by atoms with van der Waals surface area (Å²) < 4.78 is 0. The second-order valence-electron chi connectivity index (χ2n) is 4.36. The summed E-state index contributed by atoms with van der Waals surface area (Å²) >= 11 is 6.13. The van der Waals surface area contributed by atoms with Gasteiger partial charge in [0.1, 0.15) is 6.04 Å². The second-order valence-corrected chi connectivity index (χ2v) is 4.77. The van der Waals surface area contributed by atoms with Crippen molar-refractivity contribution in [3.05, 3.63) is 34.3 Å². The normalized spacial score (nSPS) is 17.5. The third kappa shape index (κ3) is 2.45. The molecule has 4 heteroatoms. The highest BCUT2D eigenvalue weighted by atomic mass is 35.5. The molecule has 0 saturated carbocycles. The van der Waals surface area contributed by atoms with Gasteiger partial charge in [0.25, 0.3) is 0 Å². The molecule has 0 radical (unpaired) electrons. The number of carboxylic acids is 1. The van der Waals surface area contributed by atoms with Crippen LogP contribution in [0.15, 0.2) is 18.2 Å². The molecule has 1 atom stereocenters. The summed E-state index contributed by atoms with van der Waals surface area (Å²) in [7, 11) is 0. The zero-order valence-corrected chi connectivity index (χ0v) is 10.6. The molecule has 1 heterocycles. The summed E-state index contributed by atoms with van der Waals surface area (Å²) in [5.74, 6) is -0.738. The summed E-state index contributed by atoms with van der Waals surface area (Å²) in [6.45, 7) is 3.36. The molecule has 1 N–H and O–H groups in total. The first-order valence-corrected chi connectivity index (χ1v) is 6.24. The van der Waals surface area contributed by atoms with Gasteiger partial charge in [0.2, 0.25) is 0 Å². The standard InChI is InChI=1S/C13H16ClNO2/c1-2-12(13(16)17)15-7-6-10-9(8-15)4-3-5-11(10)14/h3-5,12H,2,6-8H2,1H3,(H,16,17). The number of benzene rings is 1. The Balaban J connectivity index is 2.21. The van der Waals surface area contributed by atoms with Gasteiger partial charge in [-0.25, -0.2) is 0 Å². The molecular formula is C13H16ClNO2. The number of fused-ring (bicyclic) bond motifs is 1. The van der Waals surface area contributed by atoms with Gasteiger partial charge in [-0.15, -0.1) is 0 Å². The minimum absolute atomic E-state index is 0.387. The highest BCUT2D eigenvalue weighted by Crippen LogP contribution is 2.27. The van der Waals surface area contributed by atoms with Gasteiger partial charge in [0.15, 0.2) is 0 Å². The minimum atomic E-state index is -0.738. The van der Waals surface area contributed by atoms with E-state index in [1.165, 1.54) is 5.56 Å². The monoisotopic (exact) mass is 253 g/mol. The fourth-order valence-electron chi connectivity index (χ4n) is 2.44. The molecule has 0 spiro atoms. The van der Waals surface area contributed by atoms with Gasteiger partial charge in [0.05, 0.1) is 0 Å². The van der Waals surface area contributed by atoms with Gasteiger partial charge >= 0.3 is 5.97 Å². The molecule has 1 aliphatic rings.